The average molecular weight is 597 g/mol. The number of aryl methyl sites for hydroxylation is 1. The number of rotatable bonds is 9. The normalized spacial score (nSPS) is 12.0. The molecule has 0 aliphatic heterocycles. The van der Waals surface area contributed by atoms with Crippen molar-refractivity contribution < 1.29 is 14.3 Å². The zero-order valence-corrected chi connectivity index (χ0v) is 24.6. The molecular formula is C30H30Cl2N4O5. The first-order valence-corrected chi connectivity index (χ1v) is 13.7. The van der Waals surface area contributed by atoms with Gasteiger partial charge in [0.25, 0.3) is 11.5 Å². The van der Waals surface area contributed by atoms with Crippen LogP contribution in [0.5, 0.6) is 0 Å². The Morgan fingerprint density at radius 2 is 1.61 bits per heavy atom. The third kappa shape index (κ3) is 6.53. The van der Waals surface area contributed by atoms with Gasteiger partial charge in [-0.15, -0.1) is 0 Å². The number of benzene rings is 3. The van der Waals surface area contributed by atoms with Crippen LogP contribution in [-0.4, -0.2) is 52.7 Å². The van der Waals surface area contributed by atoms with Crippen molar-refractivity contribution in [3.63, 3.8) is 0 Å². The number of amides is 1. The smallest absolute Gasteiger partial charge is 0.335 e. The van der Waals surface area contributed by atoms with Crippen molar-refractivity contribution in [1.82, 2.24) is 19.4 Å². The first-order chi connectivity index (χ1) is 19.5. The van der Waals surface area contributed by atoms with Crippen molar-refractivity contribution in [1.29, 1.82) is 0 Å². The van der Waals surface area contributed by atoms with Gasteiger partial charge in [-0.3, -0.25) is 14.2 Å². The number of carbonyl (C=O) groups is 2. The van der Waals surface area contributed by atoms with Gasteiger partial charge in [0.05, 0.1) is 38.8 Å². The van der Waals surface area contributed by atoms with Gasteiger partial charge in [-0.2, -0.15) is 0 Å². The number of halogens is 2. The summed E-state index contributed by atoms with van der Waals surface area (Å²) in [6.45, 7) is 2.47. The minimum atomic E-state index is -1.03. The molecule has 0 radical (unpaired) electrons. The molecule has 1 heterocycles. The zero-order chi connectivity index (χ0) is 29.8. The molecule has 0 saturated heterocycles. The van der Waals surface area contributed by atoms with E-state index in [1.807, 2.05) is 31.1 Å². The highest BCUT2D eigenvalue weighted by molar-refractivity contribution is 6.39. The molecule has 0 unspecified atom stereocenters. The lowest BCUT2D eigenvalue weighted by Gasteiger charge is -2.19. The number of nitrogens with zero attached hydrogens (tertiary/aromatic N) is 3. The Morgan fingerprint density at radius 3 is 2.22 bits per heavy atom. The maximum Gasteiger partial charge on any atom is 0.335 e. The largest absolute Gasteiger partial charge is 0.464 e. The molecule has 1 aromatic heterocycles. The summed E-state index contributed by atoms with van der Waals surface area (Å²) < 4.78 is 7.74. The maximum absolute atomic E-state index is 13.4. The number of esters is 1. The maximum atomic E-state index is 13.4. The van der Waals surface area contributed by atoms with E-state index < -0.39 is 29.2 Å². The van der Waals surface area contributed by atoms with Crippen LogP contribution in [-0.2, 0) is 29.5 Å². The Kier molecular flexibility index (Phi) is 9.32. The molecule has 0 aliphatic rings. The zero-order valence-electron chi connectivity index (χ0n) is 23.1. The molecule has 9 nitrogen and oxygen atoms in total. The topological polar surface area (TPSA) is 103 Å². The van der Waals surface area contributed by atoms with E-state index in [1.54, 1.807) is 50.4 Å². The van der Waals surface area contributed by atoms with Crippen LogP contribution in [0.25, 0.3) is 16.6 Å². The van der Waals surface area contributed by atoms with E-state index in [1.165, 1.54) is 16.7 Å². The molecular weight excluding hydrogens is 567 g/mol. The molecule has 11 heteroatoms. The van der Waals surface area contributed by atoms with Crippen LogP contribution in [0.2, 0.25) is 10.0 Å². The summed E-state index contributed by atoms with van der Waals surface area (Å²) in [7, 11) is 5.52. The molecule has 3 aromatic carbocycles. The lowest BCUT2D eigenvalue weighted by atomic mass is 10.0. The van der Waals surface area contributed by atoms with E-state index in [2.05, 4.69) is 5.32 Å². The van der Waals surface area contributed by atoms with Gasteiger partial charge in [0.15, 0.2) is 0 Å². The molecule has 1 atom stereocenters. The standard InChI is InChI=1S/C30H30Cl2N4O5/c1-5-41-29(39)24(33-27(37)26-22(31)7-6-8-23(26)32)15-18-9-12-20(13-10-18)36-28(38)21-14-11-19(17-34(2)3)16-25(21)35(4)30(36)40/h6-14,16,24H,5,15,17H2,1-4H3,(H,33,37)/t24-/m0/s1. The van der Waals surface area contributed by atoms with Crippen molar-refractivity contribution in [2.75, 3.05) is 20.7 Å². The van der Waals surface area contributed by atoms with Gasteiger partial charge >= 0.3 is 11.7 Å². The Hall–Kier alpha value is -3.92. The van der Waals surface area contributed by atoms with Gasteiger partial charge in [0.1, 0.15) is 6.04 Å². The van der Waals surface area contributed by atoms with Crippen LogP contribution in [0.1, 0.15) is 28.4 Å². The SMILES string of the molecule is CCOC(=O)[C@H](Cc1ccc(-n2c(=O)c3ccc(CN(C)C)cc3n(C)c2=O)cc1)NC(=O)c1c(Cl)cccc1Cl. The van der Waals surface area contributed by atoms with Gasteiger partial charge in [0.2, 0.25) is 0 Å². The van der Waals surface area contributed by atoms with Crippen LogP contribution < -0.4 is 16.6 Å². The first kappa shape index (κ1) is 30.0. The number of hydrogen-bond donors (Lipinski definition) is 1. The second kappa shape index (κ2) is 12.7. The van der Waals surface area contributed by atoms with Gasteiger partial charge < -0.3 is 15.0 Å². The fourth-order valence-electron chi connectivity index (χ4n) is 4.59. The van der Waals surface area contributed by atoms with E-state index >= 15 is 0 Å². The number of ether oxygens (including phenoxy) is 1. The van der Waals surface area contributed by atoms with Crippen molar-refractivity contribution in [2.24, 2.45) is 7.05 Å². The third-order valence-electron chi connectivity index (χ3n) is 6.53. The lowest BCUT2D eigenvalue weighted by molar-refractivity contribution is -0.145. The second-order valence-corrected chi connectivity index (χ2v) is 10.6. The van der Waals surface area contributed by atoms with E-state index in [0.29, 0.717) is 28.7 Å². The van der Waals surface area contributed by atoms with E-state index in [4.69, 9.17) is 27.9 Å². The Morgan fingerprint density at radius 1 is 0.976 bits per heavy atom. The summed E-state index contributed by atoms with van der Waals surface area (Å²) in [5.74, 6) is -1.24. The van der Waals surface area contributed by atoms with Gasteiger partial charge in [-0.05, 0) is 68.5 Å². The summed E-state index contributed by atoms with van der Waals surface area (Å²) in [5.41, 5.74) is 1.72. The molecule has 214 valence electrons. The number of aromatic nitrogens is 2. The fraction of sp³-hybridized carbons (Fsp3) is 0.267. The summed E-state index contributed by atoms with van der Waals surface area (Å²) in [4.78, 5) is 54.3. The van der Waals surface area contributed by atoms with Crippen LogP contribution in [0.15, 0.2) is 70.3 Å². The summed E-state index contributed by atoms with van der Waals surface area (Å²) in [6.07, 6.45) is 0.0895. The molecule has 0 saturated carbocycles. The van der Waals surface area contributed by atoms with E-state index in [-0.39, 0.29) is 28.6 Å². The van der Waals surface area contributed by atoms with Gasteiger partial charge in [-0.1, -0.05) is 47.5 Å². The van der Waals surface area contributed by atoms with Crippen LogP contribution in [0.3, 0.4) is 0 Å². The van der Waals surface area contributed by atoms with Gasteiger partial charge in [-0.25, -0.2) is 14.2 Å². The first-order valence-electron chi connectivity index (χ1n) is 12.9. The number of nitrogens with one attached hydrogen (secondary N) is 1. The van der Waals surface area contributed by atoms with Crippen molar-refractivity contribution in [2.45, 2.75) is 25.9 Å². The minimum absolute atomic E-state index is 0.0563. The van der Waals surface area contributed by atoms with Gasteiger partial charge in [0, 0.05) is 20.0 Å². The summed E-state index contributed by atoms with van der Waals surface area (Å²) >= 11 is 12.3. The molecule has 4 rings (SSSR count). The van der Waals surface area contributed by atoms with Crippen LogP contribution in [0.4, 0.5) is 0 Å². The van der Waals surface area contributed by atoms with Crippen molar-refractivity contribution in [3.8, 4) is 5.69 Å². The van der Waals surface area contributed by atoms with Crippen molar-refractivity contribution in [3.05, 3.63) is 108 Å². The number of carbonyl (C=O) groups excluding carboxylic acids is 2. The van der Waals surface area contributed by atoms with E-state index in [9.17, 15) is 19.2 Å². The molecule has 41 heavy (non-hydrogen) atoms. The summed E-state index contributed by atoms with van der Waals surface area (Å²) in [6, 6.07) is 15.7. The monoisotopic (exact) mass is 596 g/mol. The average Bonchev–Trinajstić information content (AvgIpc) is 2.92. The predicted molar refractivity (Wildman–Crippen MR) is 160 cm³/mol. The molecule has 1 amide bonds. The number of fused-ring (bicyclic) bond motifs is 1. The predicted octanol–water partition coefficient (Wildman–Crippen LogP) is 3.96. The molecule has 4 aromatic rings. The fourth-order valence-corrected chi connectivity index (χ4v) is 5.15. The molecule has 0 fully saturated rings. The van der Waals surface area contributed by atoms with Crippen LogP contribution >= 0.6 is 23.2 Å². The molecule has 1 N–H and O–H groups in total. The molecule has 0 aliphatic carbocycles. The Balaban J connectivity index is 1.64. The van der Waals surface area contributed by atoms with E-state index in [0.717, 1.165) is 10.1 Å². The third-order valence-corrected chi connectivity index (χ3v) is 7.16. The molecule has 0 spiro atoms. The molecule has 0 bridgehead atoms. The highest BCUT2D eigenvalue weighted by Gasteiger charge is 2.25. The lowest BCUT2D eigenvalue weighted by Crippen LogP contribution is -2.43. The Bertz CT molecular complexity index is 1710. The number of hydrogen-bond acceptors (Lipinski definition) is 6. The van der Waals surface area contributed by atoms with Crippen LogP contribution in [0, 0.1) is 0 Å². The minimum Gasteiger partial charge on any atom is -0.464 e. The quantitative estimate of drug-likeness (QED) is 0.293. The summed E-state index contributed by atoms with van der Waals surface area (Å²) in [5, 5.41) is 3.38. The van der Waals surface area contributed by atoms with Crippen molar-refractivity contribution >= 4 is 46.0 Å². The second-order valence-electron chi connectivity index (χ2n) is 9.82. The Labute approximate surface area is 246 Å². The highest BCUT2D eigenvalue weighted by atomic mass is 35.5. The highest BCUT2D eigenvalue weighted by Crippen LogP contribution is 2.24.